The predicted octanol–water partition coefficient (Wildman–Crippen LogP) is 6.06. The molecule has 2 amide bonds. The van der Waals surface area contributed by atoms with Crippen LogP contribution in [0.1, 0.15) is 5.56 Å². The largest absolute Gasteiger partial charge is 0.321 e. The second-order valence-corrected chi connectivity index (χ2v) is 9.20. The molecule has 0 spiro atoms. The molecule has 0 aliphatic carbocycles. The van der Waals surface area contributed by atoms with Crippen LogP contribution in [0.4, 0.5) is 11.4 Å². The van der Waals surface area contributed by atoms with Gasteiger partial charge in [-0.1, -0.05) is 77.4 Å². The van der Waals surface area contributed by atoms with Gasteiger partial charge >= 0.3 is 0 Å². The van der Waals surface area contributed by atoms with Gasteiger partial charge in [0.05, 0.1) is 5.25 Å². The number of hydrogen-bond acceptors (Lipinski definition) is 4. The minimum Gasteiger partial charge on any atom is -0.321 e. The molecule has 1 unspecified atom stereocenters. The van der Waals surface area contributed by atoms with Gasteiger partial charge in [0, 0.05) is 21.4 Å². The number of amides is 2. The van der Waals surface area contributed by atoms with Crippen LogP contribution in [0.3, 0.4) is 0 Å². The molecule has 1 aliphatic heterocycles. The number of thioether (sulfide) groups is 1. The second kappa shape index (κ2) is 10.1. The summed E-state index contributed by atoms with van der Waals surface area (Å²) in [6, 6.07) is 24.9. The molecule has 33 heavy (non-hydrogen) atoms. The Bertz CT molecular complexity index is 1290. The maximum absolute atomic E-state index is 13.4. The van der Waals surface area contributed by atoms with Gasteiger partial charge < -0.3 is 5.32 Å². The van der Waals surface area contributed by atoms with Crippen molar-refractivity contribution in [1.29, 1.82) is 5.26 Å². The lowest BCUT2D eigenvalue weighted by molar-refractivity contribution is -0.117. The van der Waals surface area contributed by atoms with Gasteiger partial charge in [0.15, 0.2) is 0 Å². The quantitative estimate of drug-likeness (QED) is 0.346. The molecule has 5 nitrogen and oxygen atoms in total. The molecule has 0 bridgehead atoms. The third-order valence-corrected chi connectivity index (χ3v) is 6.83. The summed E-state index contributed by atoms with van der Waals surface area (Å²) in [5, 5.41) is 13.3. The van der Waals surface area contributed by atoms with Crippen molar-refractivity contribution in [3.63, 3.8) is 0 Å². The number of para-hydroxylation sites is 1. The van der Waals surface area contributed by atoms with Crippen molar-refractivity contribution >= 4 is 58.2 Å². The van der Waals surface area contributed by atoms with Crippen molar-refractivity contribution in [2.45, 2.75) is 11.7 Å². The molecule has 1 fully saturated rings. The molecule has 1 N–H and O–H groups in total. The summed E-state index contributed by atoms with van der Waals surface area (Å²) in [4.78, 5) is 27.9. The van der Waals surface area contributed by atoms with Crippen LogP contribution in [0, 0.1) is 11.3 Å². The molecule has 1 saturated heterocycles. The number of anilines is 2. The first-order valence-corrected chi connectivity index (χ1v) is 11.6. The minimum atomic E-state index is -0.616. The van der Waals surface area contributed by atoms with Gasteiger partial charge in [0.25, 0.3) is 5.91 Å². The summed E-state index contributed by atoms with van der Waals surface area (Å²) >= 11 is 13.5. The van der Waals surface area contributed by atoms with E-state index in [1.165, 1.54) is 16.7 Å². The third kappa shape index (κ3) is 5.07. The predicted molar refractivity (Wildman–Crippen MR) is 133 cm³/mol. The standard InChI is InChI=1S/C25H17Cl2N3O2S/c26-17-8-6-9-18(14-17)29-23(31)20(15-28)25-30(19-10-2-1-3-11-19)24(32)22(33-25)13-16-7-4-5-12-21(16)27/h1-12,14,22H,13H2,(H,29,31). The lowest BCUT2D eigenvalue weighted by Crippen LogP contribution is -2.30. The van der Waals surface area contributed by atoms with Gasteiger partial charge in [-0.25, -0.2) is 0 Å². The molecule has 0 radical (unpaired) electrons. The van der Waals surface area contributed by atoms with Crippen molar-refractivity contribution in [2.24, 2.45) is 0 Å². The molecular weight excluding hydrogens is 477 g/mol. The van der Waals surface area contributed by atoms with E-state index >= 15 is 0 Å². The van der Waals surface area contributed by atoms with Crippen LogP contribution < -0.4 is 10.2 Å². The topological polar surface area (TPSA) is 73.2 Å². The number of benzene rings is 3. The zero-order chi connectivity index (χ0) is 23.4. The Hall–Kier alpha value is -3.24. The maximum atomic E-state index is 13.4. The summed E-state index contributed by atoms with van der Waals surface area (Å²) in [7, 11) is 0. The first-order valence-electron chi connectivity index (χ1n) is 9.98. The summed E-state index contributed by atoms with van der Waals surface area (Å²) < 4.78 is 0. The first kappa shape index (κ1) is 22.9. The number of hydrogen-bond donors (Lipinski definition) is 1. The monoisotopic (exact) mass is 493 g/mol. The second-order valence-electron chi connectivity index (χ2n) is 7.17. The maximum Gasteiger partial charge on any atom is 0.269 e. The van der Waals surface area contributed by atoms with E-state index in [9.17, 15) is 14.9 Å². The molecule has 4 rings (SSSR count). The van der Waals surface area contributed by atoms with Gasteiger partial charge in [-0.15, -0.1) is 0 Å². The van der Waals surface area contributed by atoms with E-state index in [0.29, 0.717) is 27.8 Å². The van der Waals surface area contributed by atoms with Crippen molar-refractivity contribution in [3.8, 4) is 6.07 Å². The fraction of sp³-hybridized carbons (Fsp3) is 0.0800. The molecule has 3 aromatic carbocycles. The fourth-order valence-corrected chi connectivity index (χ4v) is 5.12. The van der Waals surface area contributed by atoms with E-state index in [1.807, 2.05) is 30.3 Å². The van der Waals surface area contributed by atoms with Gasteiger partial charge in [0.2, 0.25) is 5.91 Å². The smallest absolute Gasteiger partial charge is 0.269 e. The van der Waals surface area contributed by atoms with Crippen LogP contribution in [0.15, 0.2) is 89.5 Å². The molecule has 1 atom stereocenters. The van der Waals surface area contributed by atoms with Crippen LogP contribution in [0.25, 0.3) is 0 Å². The number of carbonyl (C=O) groups is 2. The SMILES string of the molecule is N#CC(C(=O)Nc1cccc(Cl)c1)=C1SC(Cc2ccccc2Cl)C(=O)N1c1ccccc1. The molecule has 164 valence electrons. The highest BCUT2D eigenvalue weighted by atomic mass is 35.5. The van der Waals surface area contributed by atoms with E-state index in [1.54, 1.807) is 54.6 Å². The lowest BCUT2D eigenvalue weighted by Gasteiger charge is -2.18. The summed E-state index contributed by atoms with van der Waals surface area (Å²) in [6.07, 6.45) is 0.366. The highest BCUT2D eigenvalue weighted by Crippen LogP contribution is 2.42. The van der Waals surface area contributed by atoms with Gasteiger partial charge in [0.1, 0.15) is 16.7 Å². The van der Waals surface area contributed by atoms with Gasteiger partial charge in [-0.3, -0.25) is 14.5 Å². The number of rotatable bonds is 5. The average Bonchev–Trinajstić information content (AvgIpc) is 3.12. The van der Waals surface area contributed by atoms with Crippen molar-refractivity contribution in [2.75, 3.05) is 10.2 Å². The van der Waals surface area contributed by atoms with Crippen LogP contribution in [0.2, 0.25) is 10.0 Å². The van der Waals surface area contributed by atoms with Gasteiger partial charge in [-0.05, 0) is 48.4 Å². The lowest BCUT2D eigenvalue weighted by atomic mass is 10.1. The molecule has 0 saturated carbocycles. The van der Waals surface area contributed by atoms with Gasteiger partial charge in [-0.2, -0.15) is 5.26 Å². The third-order valence-electron chi connectivity index (χ3n) is 4.97. The van der Waals surface area contributed by atoms with Crippen LogP contribution in [-0.4, -0.2) is 17.1 Å². The van der Waals surface area contributed by atoms with Crippen molar-refractivity contribution in [1.82, 2.24) is 0 Å². The van der Waals surface area contributed by atoms with Crippen LogP contribution in [-0.2, 0) is 16.0 Å². The molecular formula is C25H17Cl2N3O2S. The Labute approximate surface area is 205 Å². The summed E-state index contributed by atoms with van der Waals surface area (Å²) in [5.41, 5.74) is 1.70. The van der Waals surface area contributed by atoms with E-state index in [0.717, 1.165) is 5.56 Å². The summed E-state index contributed by atoms with van der Waals surface area (Å²) in [5.74, 6) is -0.834. The molecule has 8 heteroatoms. The zero-order valence-corrected chi connectivity index (χ0v) is 19.5. The Morgan fingerprint density at radius 2 is 1.76 bits per heavy atom. The van der Waals surface area contributed by atoms with Crippen molar-refractivity contribution < 1.29 is 9.59 Å². The number of nitrogens with one attached hydrogen (secondary N) is 1. The number of halogens is 2. The number of carbonyl (C=O) groups excluding carboxylic acids is 2. The Morgan fingerprint density at radius 1 is 1.03 bits per heavy atom. The Morgan fingerprint density at radius 3 is 2.45 bits per heavy atom. The van der Waals surface area contributed by atoms with E-state index in [-0.39, 0.29) is 16.5 Å². The van der Waals surface area contributed by atoms with E-state index < -0.39 is 11.2 Å². The summed E-state index contributed by atoms with van der Waals surface area (Å²) in [6.45, 7) is 0. The van der Waals surface area contributed by atoms with Crippen LogP contribution >= 0.6 is 35.0 Å². The average molecular weight is 494 g/mol. The number of nitrogens with zero attached hydrogens (tertiary/aromatic N) is 2. The minimum absolute atomic E-state index is 0.154. The van der Waals surface area contributed by atoms with E-state index in [2.05, 4.69) is 5.32 Å². The van der Waals surface area contributed by atoms with E-state index in [4.69, 9.17) is 23.2 Å². The molecule has 1 heterocycles. The molecule has 0 aromatic heterocycles. The number of nitriles is 1. The Balaban J connectivity index is 1.72. The van der Waals surface area contributed by atoms with Crippen molar-refractivity contribution in [3.05, 3.63) is 105 Å². The molecule has 3 aromatic rings. The molecule has 1 aliphatic rings. The normalized spacial score (nSPS) is 16.9. The first-order chi connectivity index (χ1) is 16.0. The zero-order valence-electron chi connectivity index (χ0n) is 17.2. The fourth-order valence-electron chi connectivity index (χ4n) is 3.42. The van der Waals surface area contributed by atoms with Crippen LogP contribution in [0.5, 0.6) is 0 Å². The highest BCUT2D eigenvalue weighted by molar-refractivity contribution is 8.05. The Kier molecular flexibility index (Phi) is 7.05. The highest BCUT2D eigenvalue weighted by Gasteiger charge is 2.41.